The molecule has 2 amide bonds. The quantitative estimate of drug-likeness (QED) is 0.797. The van der Waals surface area contributed by atoms with Gasteiger partial charge in [-0.3, -0.25) is 14.5 Å². The number of carbonyl (C=O) groups is 2. The number of hydrogen-bond acceptors (Lipinski definition) is 4. The van der Waals surface area contributed by atoms with Gasteiger partial charge >= 0.3 is 0 Å². The number of carbonyl (C=O) groups excluding carboxylic acids is 2. The Morgan fingerprint density at radius 3 is 2.94 bits per heavy atom. The average Bonchev–Trinajstić information content (AvgIpc) is 3.03. The Morgan fingerprint density at radius 2 is 2.28 bits per heavy atom. The maximum Gasteiger partial charge on any atom is 0.236 e. The summed E-state index contributed by atoms with van der Waals surface area (Å²) in [6.07, 6.45) is 2.10. The van der Waals surface area contributed by atoms with Crippen LogP contribution in [0.15, 0.2) is 17.5 Å². The van der Waals surface area contributed by atoms with Crippen LogP contribution in [0.4, 0.5) is 0 Å². The lowest BCUT2D eigenvalue weighted by molar-refractivity contribution is -0.140. The first kappa shape index (κ1) is 12.2. The second-order valence-corrected chi connectivity index (χ2v) is 7.08. The van der Waals surface area contributed by atoms with Crippen molar-refractivity contribution in [3.05, 3.63) is 22.4 Å². The average molecular weight is 281 g/mol. The molecule has 2 fully saturated rings. The molecule has 96 valence electrons. The third-order valence-electron chi connectivity index (χ3n) is 3.75. The summed E-state index contributed by atoms with van der Waals surface area (Å²) in [4.78, 5) is 27.1. The monoisotopic (exact) mass is 281 g/mol. The molecule has 1 aromatic rings. The van der Waals surface area contributed by atoms with Crippen molar-refractivity contribution < 1.29 is 9.59 Å². The van der Waals surface area contributed by atoms with E-state index >= 15 is 0 Å². The molecule has 18 heavy (non-hydrogen) atoms. The molecule has 0 saturated carbocycles. The molecule has 0 aromatic carbocycles. The zero-order valence-electron chi connectivity index (χ0n) is 10.1. The Morgan fingerprint density at radius 1 is 1.39 bits per heavy atom. The van der Waals surface area contributed by atoms with Crippen molar-refractivity contribution in [1.82, 2.24) is 4.90 Å². The van der Waals surface area contributed by atoms with Crippen molar-refractivity contribution in [1.29, 1.82) is 0 Å². The van der Waals surface area contributed by atoms with Gasteiger partial charge in [-0.2, -0.15) is 11.8 Å². The first-order valence-corrected chi connectivity index (χ1v) is 8.20. The lowest BCUT2D eigenvalue weighted by Crippen LogP contribution is -2.36. The van der Waals surface area contributed by atoms with Gasteiger partial charge in [0.25, 0.3) is 0 Å². The summed E-state index contributed by atoms with van der Waals surface area (Å²) in [5.74, 6) is 1.94. The first-order valence-electron chi connectivity index (χ1n) is 6.16. The second-order valence-electron chi connectivity index (χ2n) is 4.94. The van der Waals surface area contributed by atoms with Crippen LogP contribution < -0.4 is 0 Å². The van der Waals surface area contributed by atoms with Crippen LogP contribution in [-0.4, -0.2) is 34.8 Å². The summed E-state index contributed by atoms with van der Waals surface area (Å²) >= 11 is 3.48. The van der Waals surface area contributed by atoms with Gasteiger partial charge in [0.15, 0.2) is 0 Å². The van der Waals surface area contributed by atoms with E-state index in [1.165, 1.54) is 9.78 Å². The fourth-order valence-electron chi connectivity index (χ4n) is 2.68. The van der Waals surface area contributed by atoms with Crippen LogP contribution >= 0.6 is 23.1 Å². The van der Waals surface area contributed by atoms with Gasteiger partial charge in [0, 0.05) is 23.6 Å². The van der Waals surface area contributed by atoms with Crippen LogP contribution in [0.3, 0.4) is 0 Å². The number of likely N-dealkylation sites (tertiary alicyclic amines) is 1. The largest absolute Gasteiger partial charge is 0.282 e. The lowest BCUT2D eigenvalue weighted by atomic mass is 9.86. The van der Waals surface area contributed by atoms with Crippen LogP contribution in [0.5, 0.6) is 0 Å². The predicted molar refractivity (Wildman–Crippen MR) is 73.7 cm³/mol. The molecule has 0 bridgehead atoms. The van der Waals surface area contributed by atoms with E-state index in [-0.39, 0.29) is 17.2 Å². The van der Waals surface area contributed by atoms with Crippen molar-refractivity contribution in [2.24, 2.45) is 5.41 Å². The molecular formula is C13H15NO2S2. The molecule has 3 nitrogen and oxygen atoms in total. The molecule has 5 heteroatoms. The number of nitrogens with zero attached hydrogens (tertiary/aromatic N) is 1. The highest BCUT2D eigenvalue weighted by Gasteiger charge is 2.52. The van der Waals surface area contributed by atoms with E-state index in [1.807, 2.05) is 11.4 Å². The van der Waals surface area contributed by atoms with Crippen LogP contribution in [0.25, 0.3) is 0 Å². The summed E-state index contributed by atoms with van der Waals surface area (Å²) in [5.41, 5.74) is -0.350. The van der Waals surface area contributed by atoms with Gasteiger partial charge < -0.3 is 0 Å². The topological polar surface area (TPSA) is 37.4 Å². The zero-order chi connectivity index (χ0) is 12.6. The minimum Gasteiger partial charge on any atom is -0.282 e. The van der Waals surface area contributed by atoms with Gasteiger partial charge in [-0.1, -0.05) is 6.07 Å². The molecule has 0 aliphatic carbocycles. The zero-order valence-corrected chi connectivity index (χ0v) is 11.7. The van der Waals surface area contributed by atoms with Gasteiger partial charge in [-0.05, 0) is 30.0 Å². The molecule has 2 aliphatic heterocycles. The molecular weight excluding hydrogens is 266 g/mol. The Kier molecular flexibility index (Phi) is 3.20. The van der Waals surface area contributed by atoms with E-state index < -0.39 is 0 Å². The number of rotatable bonds is 3. The lowest BCUT2D eigenvalue weighted by Gasteiger charge is -2.20. The summed E-state index contributed by atoms with van der Waals surface area (Å²) in [5, 5.41) is 2.03. The minimum absolute atomic E-state index is 0.0269. The molecule has 2 aliphatic rings. The Bertz CT molecular complexity index is 463. The Hall–Kier alpha value is -0.810. The van der Waals surface area contributed by atoms with Gasteiger partial charge in [0.2, 0.25) is 11.8 Å². The molecule has 1 aromatic heterocycles. The highest BCUT2D eigenvalue weighted by Crippen LogP contribution is 2.44. The SMILES string of the molecule is O=C1CC2(CCSC2)C(=O)N1CCc1cccs1. The molecule has 2 saturated heterocycles. The normalized spacial score (nSPS) is 27.7. The molecule has 0 radical (unpaired) electrons. The summed E-state index contributed by atoms with van der Waals surface area (Å²) in [7, 11) is 0. The summed E-state index contributed by atoms with van der Waals surface area (Å²) in [6, 6.07) is 4.06. The minimum atomic E-state index is -0.350. The van der Waals surface area contributed by atoms with Crippen molar-refractivity contribution in [3.8, 4) is 0 Å². The molecule has 1 unspecified atom stereocenters. The standard InChI is InChI=1S/C13H15NO2S2/c15-11-8-13(4-7-17-9-13)12(16)14(11)5-3-10-2-1-6-18-10/h1-2,6H,3-5,7-9H2. The maximum absolute atomic E-state index is 12.4. The highest BCUT2D eigenvalue weighted by molar-refractivity contribution is 7.99. The Labute approximate surface area is 115 Å². The molecule has 3 heterocycles. The number of thiophene rings is 1. The van der Waals surface area contributed by atoms with Crippen LogP contribution in [-0.2, 0) is 16.0 Å². The molecule has 0 N–H and O–H groups in total. The third kappa shape index (κ3) is 1.99. The van der Waals surface area contributed by atoms with Crippen molar-refractivity contribution in [2.45, 2.75) is 19.3 Å². The number of imide groups is 1. The van der Waals surface area contributed by atoms with Gasteiger partial charge in [0.05, 0.1) is 5.41 Å². The number of amides is 2. The highest BCUT2D eigenvalue weighted by atomic mass is 32.2. The second kappa shape index (κ2) is 4.70. The van der Waals surface area contributed by atoms with Crippen molar-refractivity contribution >= 4 is 34.9 Å². The summed E-state index contributed by atoms with van der Waals surface area (Å²) < 4.78 is 0. The fourth-order valence-corrected chi connectivity index (χ4v) is 4.82. The van der Waals surface area contributed by atoms with Crippen molar-refractivity contribution in [2.75, 3.05) is 18.1 Å². The van der Waals surface area contributed by atoms with E-state index in [9.17, 15) is 9.59 Å². The molecule has 3 rings (SSSR count). The number of hydrogen-bond donors (Lipinski definition) is 0. The first-order chi connectivity index (χ1) is 8.71. The predicted octanol–water partition coefficient (Wildman–Crippen LogP) is 2.17. The third-order valence-corrected chi connectivity index (χ3v) is 5.94. The van der Waals surface area contributed by atoms with Crippen molar-refractivity contribution in [3.63, 3.8) is 0 Å². The van der Waals surface area contributed by atoms with E-state index in [4.69, 9.17) is 0 Å². The smallest absolute Gasteiger partial charge is 0.236 e. The van der Waals surface area contributed by atoms with E-state index in [0.29, 0.717) is 13.0 Å². The van der Waals surface area contributed by atoms with Crippen LogP contribution in [0, 0.1) is 5.41 Å². The van der Waals surface area contributed by atoms with E-state index in [2.05, 4.69) is 6.07 Å². The molecule has 1 spiro atoms. The van der Waals surface area contributed by atoms with Crippen LogP contribution in [0.2, 0.25) is 0 Å². The van der Waals surface area contributed by atoms with E-state index in [0.717, 1.165) is 24.3 Å². The maximum atomic E-state index is 12.4. The van der Waals surface area contributed by atoms with Gasteiger partial charge in [-0.15, -0.1) is 11.3 Å². The van der Waals surface area contributed by atoms with E-state index in [1.54, 1.807) is 23.1 Å². The molecule has 1 atom stereocenters. The fraction of sp³-hybridized carbons (Fsp3) is 0.538. The summed E-state index contributed by atoms with van der Waals surface area (Å²) in [6.45, 7) is 0.546. The van der Waals surface area contributed by atoms with Gasteiger partial charge in [-0.25, -0.2) is 0 Å². The number of thioether (sulfide) groups is 1. The van der Waals surface area contributed by atoms with Gasteiger partial charge in [0.1, 0.15) is 0 Å². The van der Waals surface area contributed by atoms with Crippen LogP contribution in [0.1, 0.15) is 17.7 Å². The Balaban J connectivity index is 1.69.